The van der Waals surface area contributed by atoms with Gasteiger partial charge in [-0.1, -0.05) is 6.08 Å². The summed E-state index contributed by atoms with van der Waals surface area (Å²) in [6, 6.07) is 0. The third-order valence-electron chi connectivity index (χ3n) is 3.13. The second-order valence-electron chi connectivity index (χ2n) is 4.75. The first-order valence-electron chi connectivity index (χ1n) is 5.75. The molecule has 0 amide bonds. The van der Waals surface area contributed by atoms with Crippen LogP contribution in [0.25, 0.3) is 0 Å². The maximum Gasteiger partial charge on any atom is 0.164 e. The van der Waals surface area contributed by atoms with Gasteiger partial charge in [0.1, 0.15) is 30.7 Å². The monoisotopic (exact) mass is 242 g/mol. The number of aliphatic hydroxyl groups excluding tert-OH is 1. The number of aliphatic hydroxyl groups is 1. The van der Waals surface area contributed by atoms with Crippen molar-refractivity contribution < 1.29 is 24.1 Å². The minimum atomic E-state index is -0.702. The summed E-state index contributed by atoms with van der Waals surface area (Å²) < 4.78 is 17.1. The average Bonchev–Trinajstić information content (AvgIpc) is 2.75. The molecule has 2 heterocycles. The number of aldehydes is 1. The van der Waals surface area contributed by atoms with E-state index in [1.165, 1.54) is 0 Å². The van der Waals surface area contributed by atoms with Gasteiger partial charge < -0.3 is 19.3 Å². The summed E-state index contributed by atoms with van der Waals surface area (Å²) in [4.78, 5) is 11.0. The maximum absolute atomic E-state index is 11.0. The lowest BCUT2D eigenvalue weighted by molar-refractivity contribution is -0.186. The number of carbonyl (C=O) groups is 1. The summed E-state index contributed by atoms with van der Waals surface area (Å²) in [5.41, 5.74) is 0.525. The third-order valence-corrected chi connectivity index (χ3v) is 3.13. The van der Waals surface area contributed by atoms with E-state index in [1.54, 1.807) is 13.0 Å². The molecular weight excluding hydrogens is 224 g/mol. The Morgan fingerprint density at radius 1 is 1.35 bits per heavy atom. The molecule has 0 radical (unpaired) electrons. The van der Waals surface area contributed by atoms with Gasteiger partial charge in [-0.25, -0.2) is 0 Å². The van der Waals surface area contributed by atoms with Crippen LogP contribution in [0.3, 0.4) is 0 Å². The molecule has 17 heavy (non-hydrogen) atoms. The number of fused-ring (bicyclic) bond motifs is 1. The molecule has 1 N–H and O–H groups in total. The molecule has 0 bridgehead atoms. The lowest BCUT2D eigenvalue weighted by Gasteiger charge is -2.23. The highest BCUT2D eigenvalue weighted by atomic mass is 16.8. The minimum Gasteiger partial charge on any atom is -0.394 e. The fraction of sp³-hybridized carbons (Fsp3) is 0.750. The Kier molecular flexibility index (Phi) is 3.36. The van der Waals surface area contributed by atoms with Gasteiger partial charge in [-0.15, -0.1) is 0 Å². The second-order valence-corrected chi connectivity index (χ2v) is 4.75. The van der Waals surface area contributed by atoms with Crippen LogP contribution >= 0.6 is 0 Å². The zero-order valence-electron chi connectivity index (χ0n) is 10.3. The van der Waals surface area contributed by atoms with Crippen LogP contribution in [0.15, 0.2) is 11.6 Å². The van der Waals surface area contributed by atoms with E-state index in [0.29, 0.717) is 5.57 Å². The van der Waals surface area contributed by atoms with E-state index in [4.69, 9.17) is 14.2 Å². The molecule has 0 unspecified atom stereocenters. The number of carbonyl (C=O) groups excluding carboxylic acids is 1. The topological polar surface area (TPSA) is 65.0 Å². The van der Waals surface area contributed by atoms with Gasteiger partial charge in [-0.05, 0) is 20.8 Å². The van der Waals surface area contributed by atoms with Crippen molar-refractivity contribution in [1.82, 2.24) is 0 Å². The number of hydrogen-bond donors (Lipinski definition) is 1. The Bertz CT molecular complexity index is 336. The minimum absolute atomic E-state index is 0.146. The Morgan fingerprint density at radius 3 is 2.53 bits per heavy atom. The van der Waals surface area contributed by atoms with Crippen LogP contribution in [-0.2, 0) is 19.0 Å². The molecular formula is C12H18O5. The van der Waals surface area contributed by atoms with Gasteiger partial charge in [0.25, 0.3) is 0 Å². The molecule has 5 heteroatoms. The molecule has 0 aromatic heterocycles. The second kappa shape index (κ2) is 4.49. The van der Waals surface area contributed by atoms with Crippen molar-refractivity contribution in [2.75, 3.05) is 6.61 Å². The molecule has 2 fully saturated rings. The van der Waals surface area contributed by atoms with Crippen LogP contribution in [-0.4, -0.2) is 48.2 Å². The highest BCUT2D eigenvalue weighted by Crippen LogP contribution is 2.40. The predicted molar refractivity (Wildman–Crippen MR) is 59.4 cm³/mol. The lowest BCUT2D eigenvalue weighted by atomic mass is 10.0. The van der Waals surface area contributed by atoms with Crippen LogP contribution < -0.4 is 0 Å². The zero-order valence-corrected chi connectivity index (χ0v) is 10.3. The van der Waals surface area contributed by atoms with E-state index in [2.05, 4.69) is 0 Å². The number of ether oxygens (including phenoxy) is 3. The predicted octanol–water partition coefficient (Wildman–Crippen LogP) is 0.411. The Labute approximate surface area is 100 Å². The summed E-state index contributed by atoms with van der Waals surface area (Å²) in [5, 5.41) is 9.26. The van der Waals surface area contributed by atoms with Crippen molar-refractivity contribution in [3.63, 3.8) is 0 Å². The quantitative estimate of drug-likeness (QED) is 0.573. The van der Waals surface area contributed by atoms with Gasteiger partial charge in [-0.3, -0.25) is 4.79 Å². The van der Waals surface area contributed by atoms with Gasteiger partial charge in [0.05, 0.1) is 6.61 Å². The van der Waals surface area contributed by atoms with Crippen LogP contribution in [0.2, 0.25) is 0 Å². The lowest BCUT2D eigenvalue weighted by Crippen LogP contribution is -2.32. The maximum atomic E-state index is 11.0. The number of allylic oxidation sites excluding steroid dienone is 1. The molecule has 96 valence electrons. The van der Waals surface area contributed by atoms with Crippen molar-refractivity contribution in [2.45, 2.75) is 51.0 Å². The SMILES string of the molecule is C/C=C(\C=O)[C@@H]1O[C@H](CO)[C@H]2OC(C)(C)O[C@H]21. The fourth-order valence-electron chi connectivity index (χ4n) is 2.40. The highest BCUT2D eigenvalue weighted by molar-refractivity contribution is 5.75. The molecule has 0 aromatic rings. The van der Waals surface area contributed by atoms with Crippen LogP contribution in [0.1, 0.15) is 20.8 Å². The van der Waals surface area contributed by atoms with Crippen molar-refractivity contribution >= 4 is 6.29 Å². The van der Waals surface area contributed by atoms with Gasteiger partial charge in [-0.2, -0.15) is 0 Å². The van der Waals surface area contributed by atoms with Gasteiger partial charge in [0, 0.05) is 5.57 Å². The summed E-state index contributed by atoms with van der Waals surface area (Å²) in [5.74, 6) is -0.702. The summed E-state index contributed by atoms with van der Waals surface area (Å²) >= 11 is 0. The molecule has 5 nitrogen and oxygen atoms in total. The first kappa shape index (κ1) is 12.7. The standard InChI is InChI=1S/C12H18O5/c1-4-7(5-13)9-11-10(8(6-14)15-9)16-12(2,3)17-11/h4-5,8-11,14H,6H2,1-3H3/b7-4+/t8-,9+,10-,11+/m1/s1. The Morgan fingerprint density at radius 2 is 2.00 bits per heavy atom. The summed E-state index contributed by atoms with van der Waals surface area (Å²) in [7, 11) is 0. The van der Waals surface area contributed by atoms with Crippen LogP contribution in [0.5, 0.6) is 0 Å². The normalized spacial score (nSPS) is 40.4. The average molecular weight is 242 g/mol. The molecule has 4 atom stereocenters. The molecule has 0 spiro atoms. The van der Waals surface area contributed by atoms with E-state index < -0.39 is 18.0 Å². The molecule has 2 saturated heterocycles. The number of hydrogen-bond acceptors (Lipinski definition) is 5. The first-order chi connectivity index (χ1) is 8.02. The van der Waals surface area contributed by atoms with E-state index in [-0.39, 0.29) is 18.8 Å². The van der Waals surface area contributed by atoms with Crippen molar-refractivity contribution in [1.29, 1.82) is 0 Å². The molecule has 2 aliphatic rings. The van der Waals surface area contributed by atoms with Gasteiger partial charge in [0.15, 0.2) is 5.79 Å². The number of rotatable bonds is 3. The van der Waals surface area contributed by atoms with Crippen molar-refractivity contribution in [3.05, 3.63) is 11.6 Å². The van der Waals surface area contributed by atoms with Gasteiger partial charge in [0.2, 0.25) is 0 Å². The Balaban J connectivity index is 2.24. The van der Waals surface area contributed by atoms with E-state index >= 15 is 0 Å². The molecule has 0 aromatic carbocycles. The van der Waals surface area contributed by atoms with E-state index in [9.17, 15) is 9.90 Å². The highest BCUT2D eigenvalue weighted by Gasteiger charge is 2.55. The summed E-state index contributed by atoms with van der Waals surface area (Å²) in [6.07, 6.45) is 0.899. The van der Waals surface area contributed by atoms with E-state index in [0.717, 1.165) is 6.29 Å². The molecule has 0 saturated carbocycles. The molecule has 0 aliphatic carbocycles. The summed E-state index contributed by atoms with van der Waals surface area (Å²) in [6.45, 7) is 5.25. The zero-order chi connectivity index (χ0) is 12.6. The third kappa shape index (κ3) is 2.15. The van der Waals surface area contributed by atoms with Gasteiger partial charge >= 0.3 is 0 Å². The van der Waals surface area contributed by atoms with Crippen molar-refractivity contribution in [2.24, 2.45) is 0 Å². The fourth-order valence-corrected chi connectivity index (χ4v) is 2.40. The van der Waals surface area contributed by atoms with Crippen LogP contribution in [0, 0.1) is 0 Å². The first-order valence-corrected chi connectivity index (χ1v) is 5.75. The Hall–Kier alpha value is -0.750. The van der Waals surface area contributed by atoms with Crippen molar-refractivity contribution in [3.8, 4) is 0 Å². The van der Waals surface area contributed by atoms with Crippen LogP contribution in [0.4, 0.5) is 0 Å². The smallest absolute Gasteiger partial charge is 0.164 e. The largest absolute Gasteiger partial charge is 0.394 e. The van der Waals surface area contributed by atoms with E-state index in [1.807, 2.05) is 13.8 Å². The molecule has 2 rings (SSSR count). The molecule has 2 aliphatic heterocycles.